The molecule has 0 unspecified atom stereocenters. The quantitative estimate of drug-likeness (QED) is 0.780. The molecular formula is C17H24N2O3. The first kappa shape index (κ1) is 16.3. The van der Waals surface area contributed by atoms with Gasteiger partial charge in [0.1, 0.15) is 5.75 Å². The van der Waals surface area contributed by atoms with Crippen LogP contribution >= 0.6 is 0 Å². The first-order chi connectivity index (χ1) is 10.5. The maximum absolute atomic E-state index is 12.5. The molecule has 1 aliphatic rings. The van der Waals surface area contributed by atoms with Crippen LogP contribution in [-0.4, -0.2) is 54.4 Å². The summed E-state index contributed by atoms with van der Waals surface area (Å²) in [5, 5.41) is 0. The van der Waals surface area contributed by atoms with Gasteiger partial charge in [-0.15, -0.1) is 0 Å². The van der Waals surface area contributed by atoms with E-state index in [-0.39, 0.29) is 5.91 Å². The van der Waals surface area contributed by atoms with Crippen molar-refractivity contribution in [1.82, 2.24) is 9.80 Å². The highest BCUT2D eigenvalue weighted by molar-refractivity contribution is 5.81. The first-order valence-electron chi connectivity index (χ1n) is 7.76. The van der Waals surface area contributed by atoms with Crippen molar-refractivity contribution in [2.45, 2.75) is 32.8 Å². The smallest absolute Gasteiger partial charge is 0.263 e. The molecule has 1 heterocycles. The highest BCUT2D eigenvalue weighted by Gasteiger charge is 2.26. The third-order valence-corrected chi connectivity index (χ3v) is 3.97. The molecular weight excluding hydrogens is 280 g/mol. The second-order valence-electron chi connectivity index (χ2n) is 5.92. The van der Waals surface area contributed by atoms with Gasteiger partial charge >= 0.3 is 0 Å². The van der Waals surface area contributed by atoms with E-state index in [1.807, 2.05) is 24.3 Å². The normalized spacial score (nSPS) is 16.5. The Labute approximate surface area is 131 Å². The zero-order valence-corrected chi connectivity index (χ0v) is 13.5. The van der Waals surface area contributed by atoms with Crippen LogP contribution in [0.1, 0.15) is 32.3 Å². The Balaban J connectivity index is 1.99. The largest absolute Gasteiger partial charge is 0.481 e. The Hall–Kier alpha value is -2.04. The predicted octanol–water partition coefficient (Wildman–Crippen LogP) is 1.88. The lowest BCUT2D eigenvalue weighted by molar-refractivity contribution is -0.141. The number of hydrogen-bond donors (Lipinski definition) is 0. The molecule has 0 radical (unpaired) electrons. The summed E-state index contributed by atoms with van der Waals surface area (Å²) in [6.45, 7) is 8.30. The van der Waals surface area contributed by atoms with E-state index in [2.05, 4.69) is 13.8 Å². The van der Waals surface area contributed by atoms with Gasteiger partial charge in [-0.05, 0) is 24.5 Å². The summed E-state index contributed by atoms with van der Waals surface area (Å²) in [7, 11) is 0. The van der Waals surface area contributed by atoms with Crippen molar-refractivity contribution >= 4 is 12.3 Å². The Morgan fingerprint density at radius 1 is 1.14 bits per heavy atom. The molecule has 0 aromatic heterocycles. The molecule has 2 amide bonds. The predicted molar refractivity (Wildman–Crippen MR) is 84.8 cm³/mol. The van der Waals surface area contributed by atoms with E-state index in [1.54, 1.807) is 16.7 Å². The minimum atomic E-state index is -0.525. The topological polar surface area (TPSA) is 49.9 Å². The van der Waals surface area contributed by atoms with Crippen molar-refractivity contribution in [3.05, 3.63) is 29.8 Å². The van der Waals surface area contributed by atoms with Gasteiger partial charge in [0.25, 0.3) is 5.91 Å². The van der Waals surface area contributed by atoms with Crippen LogP contribution in [0.5, 0.6) is 5.75 Å². The number of ether oxygens (including phenoxy) is 1. The van der Waals surface area contributed by atoms with Gasteiger partial charge in [0.2, 0.25) is 6.41 Å². The fourth-order valence-corrected chi connectivity index (χ4v) is 2.61. The molecule has 1 atom stereocenters. The third kappa shape index (κ3) is 3.78. The Kier molecular flexibility index (Phi) is 5.41. The van der Waals surface area contributed by atoms with Crippen LogP contribution in [0.15, 0.2) is 24.3 Å². The molecule has 0 N–H and O–H groups in total. The zero-order valence-electron chi connectivity index (χ0n) is 13.5. The van der Waals surface area contributed by atoms with Crippen molar-refractivity contribution in [3.63, 3.8) is 0 Å². The van der Waals surface area contributed by atoms with Crippen LogP contribution in [0.4, 0.5) is 0 Å². The number of nitrogens with zero attached hydrogens (tertiary/aromatic N) is 2. The van der Waals surface area contributed by atoms with Gasteiger partial charge in [0, 0.05) is 26.2 Å². The summed E-state index contributed by atoms with van der Waals surface area (Å²) in [6.07, 6.45) is 0.309. The van der Waals surface area contributed by atoms with Crippen molar-refractivity contribution in [2.24, 2.45) is 0 Å². The number of benzene rings is 1. The van der Waals surface area contributed by atoms with E-state index in [1.165, 1.54) is 0 Å². The maximum Gasteiger partial charge on any atom is 0.263 e. The Morgan fingerprint density at radius 3 is 2.36 bits per heavy atom. The number of carbonyl (C=O) groups excluding carboxylic acids is 2. The summed E-state index contributed by atoms with van der Waals surface area (Å²) >= 11 is 0. The molecule has 0 aliphatic carbocycles. The standard InChI is InChI=1S/C17H24N2O3/c1-13(2)15-6-4-5-7-16(15)22-14(3)17(21)19-10-8-18(12-20)9-11-19/h4-7,12-14H,8-11H2,1-3H3/t14-/m1/s1. The van der Waals surface area contributed by atoms with E-state index in [4.69, 9.17) is 4.74 Å². The maximum atomic E-state index is 12.5. The van der Waals surface area contributed by atoms with Gasteiger partial charge in [-0.25, -0.2) is 0 Å². The first-order valence-corrected chi connectivity index (χ1v) is 7.76. The lowest BCUT2D eigenvalue weighted by Crippen LogP contribution is -2.51. The van der Waals surface area contributed by atoms with Crippen LogP contribution in [0.25, 0.3) is 0 Å². The van der Waals surface area contributed by atoms with Crippen molar-refractivity contribution in [3.8, 4) is 5.75 Å². The number of amides is 2. The molecule has 1 fully saturated rings. The van der Waals surface area contributed by atoms with Crippen LogP contribution in [0.3, 0.4) is 0 Å². The van der Waals surface area contributed by atoms with E-state index in [0.29, 0.717) is 32.1 Å². The lowest BCUT2D eigenvalue weighted by atomic mass is 10.0. The van der Waals surface area contributed by atoms with Gasteiger partial charge in [-0.3, -0.25) is 9.59 Å². The molecule has 1 aliphatic heterocycles. The van der Waals surface area contributed by atoms with E-state index >= 15 is 0 Å². The number of hydrogen-bond acceptors (Lipinski definition) is 3. The highest BCUT2D eigenvalue weighted by Crippen LogP contribution is 2.27. The number of rotatable bonds is 5. The minimum Gasteiger partial charge on any atom is -0.481 e. The van der Waals surface area contributed by atoms with Crippen molar-refractivity contribution < 1.29 is 14.3 Å². The van der Waals surface area contributed by atoms with E-state index in [9.17, 15) is 9.59 Å². The average molecular weight is 304 g/mol. The molecule has 120 valence electrons. The van der Waals surface area contributed by atoms with Crippen molar-refractivity contribution in [2.75, 3.05) is 26.2 Å². The highest BCUT2D eigenvalue weighted by atomic mass is 16.5. The molecule has 0 saturated carbocycles. The molecule has 5 nitrogen and oxygen atoms in total. The fourth-order valence-electron chi connectivity index (χ4n) is 2.61. The van der Waals surface area contributed by atoms with Gasteiger partial charge in [0.05, 0.1) is 0 Å². The Morgan fingerprint density at radius 2 is 1.77 bits per heavy atom. The molecule has 2 rings (SSSR count). The minimum absolute atomic E-state index is 0.0240. The molecule has 1 aromatic carbocycles. The summed E-state index contributed by atoms with van der Waals surface area (Å²) < 4.78 is 5.90. The second-order valence-corrected chi connectivity index (χ2v) is 5.92. The van der Waals surface area contributed by atoms with Crippen LogP contribution in [0.2, 0.25) is 0 Å². The third-order valence-electron chi connectivity index (χ3n) is 3.97. The summed E-state index contributed by atoms with van der Waals surface area (Å²) in [5.74, 6) is 1.09. The van der Waals surface area contributed by atoms with E-state index < -0.39 is 6.10 Å². The monoisotopic (exact) mass is 304 g/mol. The molecule has 1 aromatic rings. The van der Waals surface area contributed by atoms with Crippen molar-refractivity contribution in [1.29, 1.82) is 0 Å². The lowest BCUT2D eigenvalue weighted by Gasteiger charge is -2.34. The molecule has 1 saturated heterocycles. The number of para-hydroxylation sites is 1. The van der Waals surface area contributed by atoms with Crippen LogP contribution in [-0.2, 0) is 9.59 Å². The second kappa shape index (κ2) is 7.29. The summed E-state index contributed by atoms with van der Waals surface area (Å²) in [5.41, 5.74) is 1.10. The summed E-state index contributed by atoms with van der Waals surface area (Å²) in [4.78, 5) is 26.6. The molecule has 0 bridgehead atoms. The molecule has 22 heavy (non-hydrogen) atoms. The van der Waals surface area contributed by atoms with Gasteiger partial charge in [-0.1, -0.05) is 32.0 Å². The SMILES string of the molecule is CC(C)c1ccccc1O[C@H](C)C(=O)N1CCN(C=O)CC1. The molecule has 5 heteroatoms. The zero-order chi connectivity index (χ0) is 16.1. The van der Waals surface area contributed by atoms with Crippen LogP contribution in [0, 0.1) is 0 Å². The van der Waals surface area contributed by atoms with Gasteiger partial charge < -0.3 is 14.5 Å². The van der Waals surface area contributed by atoms with Gasteiger partial charge in [0.15, 0.2) is 6.10 Å². The van der Waals surface area contributed by atoms with Gasteiger partial charge in [-0.2, -0.15) is 0 Å². The average Bonchev–Trinajstić information content (AvgIpc) is 2.54. The van der Waals surface area contributed by atoms with E-state index in [0.717, 1.165) is 17.7 Å². The van der Waals surface area contributed by atoms with Crippen LogP contribution < -0.4 is 4.74 Å². The molecule has 0 spiro atoms. The number of carbonyl (C=O) groups is 2. The fraction of sp³-hybridized carbons (Fsp3) is 0.529. The Bertz CT molecular complexity index is 522. The number of piperazine rings is 1. The summed E-state index contributed by atoms with van der Waals surface area (Å²) in [6, 6.07) is 7.83.